The number of amides is 2. The van der Waals surface area contributed by atoms with Gasteiger partial charge in [-0.2, -0.15) is 0 Å². The molecule has 23 heavy (non-hydrogen) atoms. The van der Waals surface area contributed by atoms with E-state index in [1.54, 1.807) is 0 Å². The molecule has 0 saturated carbocycles. The third-order valence-electron chi connectivity index (χ3n) is 2.74. The number of pyridine rings is 1. The number of halogens is 1. The van der Waals surface area contributed by atoms with Crippen molar-refractivity contribution in [2.75, 3.05) is 10.6 Å². The quantitative estimate of drug-likeness (QED) is 0.626. The standard InChI is InChI=1S/C14H11BrN4O4/c1-8(20)17-13-6-9(4-5-16-13)14(21)18-12-7-10(19(22)23)2-3-11(12)15/h2-7H,1H3,(H,18,21)(H,16,17,20). The van der Waals surface area contributed by atoms with Gasteiger partial charge in [-0.3, -0.25) is 19.7 Å². The Kier molecular flexibility index (Phi) is 5.02. The maximum atomic E-state index is 12.2. The van der Waals surface area contributed by atoms with Gasteiger partial charge in [0, 0.05) is 35.3 Å². The van der Waals surface area contributed by atoms with Crippen LogP contribution in [0.1, 0.15) is 17.3 Å². The number of rotatable bonds is 4. The molecule has 1 aromatic carbocycles. The Morgan fingerprint density at radius 3 is 2.61 bits per heavy atom. The number of nitrogens with one attached hydrogen (secondary N) is 2. The highest BCUT2D eigenvalue weighted by atomic mass is 79.9. The first-order chi connectivity index (χ1) is 10.9. The summed E-state index contributed by atoms with van der Waals surface area (Å²) in [7, 11) is 0. The Labute approximate surface area is 139 Å². The molecule has 0 saturated heterocycles. The van der Waals surface area contributed by atoms with Gasteiger partial charge in [0.25, 0.3) is 11.6 Å². The van der Waals surface area contributed by atoms with Gasteiger partial charge in [0.15, 0.2) is 0 Å². The predicted octanol–water partition coefficient (Wildman–Crippen LogP) is 2.96. The van der Waals surface area contributed by atoms with Crippen LogP contribution in [0.4, 0.5) is 17.2 Å². The first kappa shape index (κ1) is 16.6. The van der Waals surface area contributed by atoms with Crippen LogP contribution in [0.25, 0.3) is 0 Å². The van der Waals surface area contributed by atoms with E-state index in [9.17, 15) is 19.7 Å². The highest BCUT2D eigenvalue weighted by molar-refractivity contribution is 9.10. The van der Waals surface area contributed by atoms with Gasteiger partial charge in [0.05, 0.1) is 10.6 Å². The number of benzene rings is 1. The maximum Gasteiger partial charge on any atom is 0.271 e. The molecule has 0 atom stereocenters. The summed E-state index contributed by atoms with van der Waals surface area (Å²) in [6.45, 7) is 1.33. The van der Waals surface area contributed by atoms with Crippen molar-refractivity contribution in [2.24, 2.45) is 0 Å². The average molecular weight is 379 g/mol. The number of aromatic nitrogens is 1. The molecular weight excluding hydrogens is 368 g/mol. The Balaban J connectivity index is 2.24. The highest BCUT2D eigenvalue weighted by Gasteiger charge is 2.13. The lowest BCUT2D eigenvalue weighted by Crippen LogP contribution is -2.14. The zero-order chi connectivity index (χ0) is 17.0. The van der Waals surface area contributed by atoms with Crippen molar-refractivity contribution in [1.82, 2.24) is 4.98 Å². The van der Waals surface area contributed by atoms with E-state index in [1.807, 2.05) is 0 Å². The van der Waals surface area contributed by atoms with Crippen LogP contribution in [-0.4, -0.2) is 21.7 Å². The minimum atomic E-state index is -0.552. The number of hydrogen-bond acceptors (Lipinski definition) is 5. The van der Waals surface area contributed by atoms with Crippen molar-refractivity contribution in [2.45, 2.75) is 6.92 Å². The van der Waals surface area contributed by atoms with Gasteiger partial charge in [0.1, 0.15) is 5.82 Å². The first-order valence-corrected chi connectivity index (χ1v) is 7.15. The molecule has 0 radical (unpaired) electrons. The zero-order valence-corrected chi connectivity index (χ0v) is 13.5. The molecule has 0 aliphatic rings. The summed E-state index contributed by atoms with van der Waals surface area (Å²) in [5.74, 6) is -0.556. The molecule has 0 bridgehead atoms. The maximum absolute atomic E-state index is 12.2. The van der Waals surface area contributed by atoms with Crippen molar-refractivity contribution in [3.05, 3.63) is 56.7 Å². The lowest BCUT2D eigenvalue weighted by Gasteiger charge is -2.08. The SMILES string of the molecule is CC(=O)Nc1cc(C(=O)Nc2cc([N+](=O)[O-])ccc2Br)ccn1. The van der Waals surface area contributed by atoms with Crippen LogP contribution in [0.2, 0.25) is 0 Å². The monoisotopic (exact) mass is 378 g/mol. The fourth-order valence-corrected chi connectivity index (χ4v) is 2.08. The van der Waals surface area contributed by atoms with Crippen LogP contribution in [-0.2, 0) is 4.79 Å². The first-order valence-electron chi connectivity index (χ1n) is 6.36. The van der Waals surface area contributed by atoms with Crippen molar-refractivity contribution in [1.29, 1.82) is 0 Å². The summed E-state index contributed by atoms with van der Waals surface area (Å²) >= 11 is 3.22. The number of anilines is 2. The van der Waals surface area contributed by atoms with Crippen LogP contribution < -0.4 is 10.6 Å². The molecule has 0 aliphatic carbocycles. The predicted molar refractivity (Wildman–Crippen MR) is 87.3 cm³/mol. The van der Waals surface area contributed by atoms with Gasteiger partial charge in [-0.25, -0.2) is 4.98 Å². The van der Waals surface area contributed by atoms with Crippen molar-refractivity contribution < 1.29 is 14.5 Å². The average Bonchev–Trinajstić information content (AvgIpc) is 2.48. The van der Waals surface area contributed by atoms with Crippen LogP contribution in [0, 0.1) is 10.1 Å². The van der Waals surface area contributed by atoms with Gasteiger partial charge in [-0.1, -0.05) is 0 Å². The molecule has 118 valence electrons. The fourth-order valence-electron chi connectivity index (χ4n) is 1.74. The number of nitrogens with zero attached hydrogens (tertiary/aromatic N) is 2. The summed E-state index contributed by atoms with van der Waals surface area (Å²) < 4.78 is 0.507. The van der Waals surface area contributed by atoms with E-state index >= 15 is 0 Å². The molecule has 2 aromatic rings. The number of carbonyl (C=O) groups is 2. The normalized spacial score (nSPS) is 10.0. The number of hydrogen-bond donors (Lipinski definition) is 2. The van der Waals surface area contributed by atoms with Crippen LogP contribution >= 0.6 is 15.9 Å². The number of carbonyl (C=O) groups excluding carboxylic acids is 2. The molecule has 1 heterocycles. The highest BCUT2D eigenvalue weighted by Crippen LogP contribution is 2.27. The number of nitro groups is 1. The van der Waals surface area contributed by atoms with Crippen LogP contribution in [0.3, 0.4) is 0 Å². The van der Waals surface area contributed by atoms with Gasteiger partial charge >= 0.3 is 0 Å². The van der Waals surface area contributed by atoms with E-state index < -0.39 is 10.8 Å². The van der Waals surface area contributed by atoms with Gasteiger partial charge in [-0.05, 0) is 34.1 Å². The van der Waals surface area contributed by atoms with Crippen molar-refractivity contribution >= 4 is 44.9 Å². The molecule has 0 fully saturated rings. The second-order valence-corrected chi connectivity index (χ2v) is 5.34. The lowest BCUT2D eigenvalue weighted by atomic mass is 10.2. The van der Waals surface area contributed by atoms with E-state index in [-0.39, 0.29) is 28.7 Å². The Morgan fingerprint density at radius 2 is 1.96 bits per heavy atom. The van der Waals surface area contributed by atoms with Gasteiger partial charge in [-0.15, -0.1) is 0 Å². The Hall–Kier alpha value is -2.81. The zero-order valence-electron chi connectivity index (χ0n) is 11.9. The summed E-state index contributed by atoms with van der Waals surface area (Å²) in [5, 5.41) is 15.8. The molecule has 0 unspecified atom stereocenters. The van der Waals surface area contributed by atoms with Crippen LogP contribution in [0.5, 0.6) is 0 Å². The number of non-ortho nitro benzene ring substituents is 1. The Morgan fingerprint density at radius 1 is 1.22 bits per heavy atom. The van der Waals surface area contributed by atoms with Crippen molar-refractivity contribution in [3.8, 4) is 0 Å². The molecule has 9 heteroatoms. The molecule has 1 aromatic heterocycles. The smallest absolute Gasteiger partial charge is 0.271 e. The topological polar surface area (TPSA) is 114 Å². The van der Waals surface area contributed by atoms with Gasteiger partial charge in [0.2, 0.25) is 5.91 Å². The van der Waals surface area contributed by atoms with E-state index in [0.29, 0.717) is 4.47 Å². The number of nitro benzene ring substituents is 1. The third-order valence-corrected chi connectivity index (χ3v) is 3.43. The molecule has 2 rings (SSSR count). The Bertz CT molecular complexity index is 794. The van der Waals surface area contributed by atoms with Gasteiger partial charge < -0.3 is 10.6 Å². The minimum Gasteiger partial charge on any atom is -0.321 e. The van der Waals surface area contributed by atoms with Crippen molar-refractivity contribution in [3.63, 3.8) is 0 Å². The molecule has 2 amide bonds. The van der Waals surface area contributed by atoms with E-state index in [4.69, 9.17) is 0 Å². The lowest BCUT2D eigenvalue weighted by molar-refractivity contribution is -0.384. The molecule has 0 aliphatic heterocycles. The molecule has 8 nitrogen and oxygen atoms in total. The summed E-state index contributed by atoms with van der Waals surface area (Å²) in [4.78, 5) is 37.4. The van der Waals surface area contributed by atoms with E-state index in [2.05, 4.69) is 31.5 Å². The summed E-state index contributed by atoms with van der Waals surface area (Å²) in [6, 6.07) is 6.91. The summed E-state index contributed by atoms with van der Waals surface area (Å²) in [5.41, 5.74) is 0.376. The molecular formula is C14H11BrN4O4. The molecule has 0 spiro atoms. The van der Waals surface area contributed by atoms with Crippen LogP contribution in [0.15, 0.2) is 41.0 Å². The van der Waals surface area contributed by atoms with E-state index in [1.165, 1.54) is 43.5 Å². The third kappa shape index (κ3) is 4.33. The molecule has 2 N–H and O–H groups in total. The second kappa shape index (κ2) is 6.97. The minimum absolute atomic E-state index is 0.142. The fraction of sp³-hybridized carbons (Fsp3) is 0.0714. The second-order valence-electron chi connectivity index (χ2n) is 4.49. The van der Waals surface area contributed by atoms with E-state index in [0.717, 1.165) is 0 Å². The summed E-state index contributed by atoms with van der Waals surface area (Å²) in [6.07, 6.45) is 1.38. The largest absolute Gasteiger partial charge is 0.321 e.